The van der Waals surface area contributed by atoms with Gasteiger partial charge in [-0.15, -0.1) is 0 Å². The summed E-state index contributed by atoms with van der Waals surface area (Å²) in [5, 5.41) is 10.9. The summed E-state index contributed by atoms with van der Waals surface area (Å²) < 4.78 is 4.98. The van der Waals surface area contributed by atoms with Crippen molar-refractivity contribution in [1.82, 2.24) is 5.32 Å². The van der Waals surface area contributed by atoms with Gasteiger partial charge in [0.05, 0.1) is 7.11 Å². The maximum Gasteiger partial charge on any atom is 0.330 e. The van der Waals surface area contributed by atoms with E-state index < -0.39 is 17.9 Å². The summed E-state index contributed by atoms with van der Waals surface area (Å²) in [5.41, 5.74) is 5.97. The van der Waals surface area contributed by atoms with Gasteiger partial charge in [-0.1, -0.05) is 12.1 Å². The number of hydrogen-bond acceptors (Lipinski definition) is 4. The summed E-state index contributed by atoms with van der Waals surface area (Å²) >= 11 is 0. The predicted molar refractivity (Wildman–Crippen MR) is 60.5 cm³/mol. The average molecular weight is 238 g/mol. The van der Waals surface area contributed by atoms with Gasteiger partial charge in [-0.25, -0.2) is 4.79 Å². The molecule has 0 aromatic heterocycles. The van der Waals surface area contributed by atoms with Crippen LogP contribution < -0.4 is 15.8 Å². The molecule has 1 rings (SSSR count). The Bertz CT molecular complexity index is 402. The van der Waals surface area contributed by atoms with Crippen LogP contribution in [0, 0.1) is 0 Å². The maximum atomic E-state index is 11.2. The SMILES string of the molecule is COc1ccc(CNC(=O)C(N)C(=O)O)cc1. The standard InChI is InChI=1S/C11H14N2O4/c1-17-8-4-2-7(3-5-8)6-13-10(14)9(12)11(15)16/h2-5,9H,6,12H2,1H3,(H,13,14)(H,15,16). The Morgan fingerprint density at radius 1 is 1.41 bits per heavy atom. The van der Waals surface area contributed by atoms with Gasteiger partial charge in [0.2, 0.25) is 5.91 Å². The molecule has 1 amide bonds. The molecule has 6 nitrogen and oxygen atoms in total. The normalized spacial score (nSPS) is 11.6. The van der Waals surface area contributed by atoms with Gasteiger partial charge in [-0.3, -0.25) is 4.79 Å². The lowest BCUT2D eigenvalue weighted by atomic mass is 10.2. The van der Waals surface area contributed by atoms with Crippen LogP contribution in [0.2, 0.25) is 0 Å². The third-order valence-corrected chi connectivity index (χ3v) is 2.17. The lowest BCUT2D eigenvalue weighted by molar-refractivity contribution is -0.142. The number of carboxylic acids is 1. The number of ether oxygens (including phenoxy) is 1. The second-order valence-electron chi connectivity index (χ2n) is 3.38. The van der Waals surface area contributed by atoms with Crippen molar-refractivity contribution < 1.29 is 19.4 Å². The van der Waals surface area contributed by atoms with Crippen molar-refractivity contribution in [3.63, 3.8) is 0 Å². The molecule has 0 saturated heterocycles. The largest absolute Gasteiger partial charge is 0.497 e. The number of amides is 1. The molecule has 0 radical (unpaired) electrons. The molecular weight excluding hydrogens is 224 g/mol. The Hall–Kier alpha value is -2.08. The third-order valence-electron chi connectivity index (χ3n) is 2.17. The van der Waals surface area contributed by atoms with Crippen molar-refractivity contribution in [2.45, 2.75) is 12.6 Å². The Morgan fingerprint density at radius 3 is 2.47 bits per heavy atom. The minimum Gasteiger partial charge on any atom is -0.497 e. The first kappa shape index (κ1) is 13.0. The zero-order chi connectivity index (χ0) is 12.8. The maximum absolute atomic E-state index is 11.2. The summed E-state index contributed by atoms with van der Waals surface area (Å²) in [7, 11) is 1.56. The average Bonchev–Trinajstić information content (AvgIpc) is 2.35. The molecular formula is C11H14N2O4. The smallest absolute Gasteiger partial charge is 0.330 e. The van der Waals surface area contributed by atoms with E-state index in [0.717, 1.165) is 5.56 Å². The zero-order valence-corrected chi connectivity index (χ0v) is 9.34. The van der Waals surface area contributed by atoms with Crippen LogP contribution in [0.25, 0.3) is 0 Å². The number of benzene rings is 1. The molecule has 0 aliphatic carbocycles. The Morgan fingerprint density at radius 2 is 2.00 bits per heavy atom. The molecule has 4 N–H and O–H groups in total. The highest BCUT2D eigenvalue weighted by Crippen LogP contribution is 2.10. The van der Waals surface area contributed by atoms with Crippen molar-refractivity contribution in [3.05, 3.63) is 29.8 Å². The number of aliphatic carboxylic acids is 1. The molecule has 1 atom stereocenters. The highest BCUT2D eigenvalue weighted by atomic mass is 16.5. The summed E-state index contributed by atoms with van der Waals surface area (Å²) in [6.45, 7) is 0.226. The fraction of sp³-hybridized carbons (Fsp3) is 0.273. The Labute approximate surface area is 98.4 Å². The van der Waals surface area contributed by atoms with Gasteiger partial charge in [0.1, 0.15) is 5.75 Å². The van der Waals surface area contributed by atoms with Crippen molar-refractivity contribution >= 4 is 11.9 Å². The third kappa shape index (κ3) is 3.76. The van der Waals surface area contributed by atoms with E-state index in [1.54, 1.807) is 31.4 Å². The second kappa shape index (κ2) is 5.86. The lowest BCUT2D eigenvalue weighted by Gasteiger charge is -2.08. The highest BCUT2D eigenvalue weighted by Gasteiger charge is 2.20. The molecule has 0 saturated carbocycles. The van der Waals surface area contributed by atoms with Crippen molar-refractivity contribution in [1.29, 1.82) is 0 Å². The zero-order valence-electron chi connectivity index (χ0n) is 9.34. The minimum absolute atomic E-state index is 0.226. The van der Waals surface area contributed by atoms with Crippen LogP contribution in [0.3, 0.4) is 0 Å². The van der Waals surface area contributed by atoms with Crippen LogP contribution in [0.1, 0.15) is 5.56 Å². The number of methoxy groups -OCH3 is 1. The lowest BCUT2D eigenvalue weighted by Crippen LogP contribution is -2.45. The molecule has 0 aliphatic rings. The first-order chi connectivity index (χ1) is 8.04. The fourth-order valence-electron chi connectivity index (χ4n) is 1.15. The Balaban J connectivity index is 2.50. The molecule has 1 aromatic carbocycles. The molecule has 92 valence electrons. The summed E-state index contributed by atoms with van der Waals surface area (Å²) in [4.78, 5) is 21.7. The highest BCUT2D eigenvalue weighted by molar-refractivity contribution is 6.00. The molecule has 1 unspecified atom stereocenters. The number of nitrogens with two attached hydrogens (primary N) is 1. The number of carbonyl (C=O) groups is 2. The minimum atomic E-state index is -1.53. The van der Waals surface area contributed by atoms with E-state index in [0.29, 0.717) is 5.75 Å². The first-order valence-corrected chi connectivity index (χ1v) is 4.93. The summed E-state index contributed by atoms with van der Waals surface area (Å²) in [5.74, 6) is -1.35. The van der Waals surface area contributed by atoms with Gasteiger partial charge in [-0.05, 0) is 17.7 Å². The number of nitrogens with one attached hydrogen (secondary N) is 1. The van der Waals surface area contributed by atoms with Crippen LogP contribution in [0.5, 0.6) is 5.75 Å². The topological polar surface area (TPSA) is 102 Å². The van der Waals surface area contributed by atoms with Crippen LogP contribution >= 0.6 is 0 Å². The van der Waals surface area contributed by atoms with E-state index in [1.165, 1.54) is 0 Å². The van der Waals surface area contributed by atoms with E-state index in [1.807, 2.05) is 0 Å². The number of carboxylic acid groups (broad SMARTS) is 1. The van der Waals surface area contributed by atoms with E-state index >= 15 is 0 Å². The molecule has 0 bridgehead atoms. The molecule has 0 aliphatic heterocycles. The predicted octanol–water partition coefficient (Wildman–Crippen LogP) is -0.277. The Kier molecular flexibility index (Phi) is 4.47. The second-order valence-corrected chi connectivity index (χ2v) is 3.38. The van der Waals surface area contributed by atoms with E-state index in [-0.39, 0.29) is 6.54 Å². The number of rotatable bonds is 5. The monoisotopic (exact) mass is 238 g/mol. The van der Waals surface area contributed by atoms with E-state index in [9.17, 15) is 9.59 Å². The molecule has 0 spiro atoms. The molecule has 0 fully saturated rings. The molecule has 6 heteroatoms. The van der Waals surface area contributed by atoms with Gasteiger partial charge in [-0.2, -0.15) is 0 Å². The van der Waals surface area contributed by atoms with Gasteiger partial charge >= 0.3 is 5.97 Å². The van der Waals surface area contributed by atoms with Gasteiger partial charge in [0.15, 0.2) is 6.04 Å². The van der Waals surface area contributed by atoms with E-state index in [4.69, 9.17) is 15.6 Å². The van der Waals surface area contributed by atoms with Crippen LogP contribution in [-0.2, 0) is 16.1 Å². The van der Waals surface area contributed by atoms with Gasteiger partial charge in [0, 0.05) is 6.54 Å². The summed E-state index contributed by atoms with van der Waals surface area (Å²) in [6.07, 6.45) is 0. The van der Waals surface area contributed by atoms with Crippen LogP contribution in [0.15, 0.2) is 24.3 Å². The van der Waals surface area contributed by atoms with Crippen LogP contribution in [0.4, 0.5) is 0 Å². The summed E-state index contributed by atoms with van der Waals surface area (Å²) in [6, 6.07) is 5.50. The number of carbonyl (C=O) groups excluding carboxylic acids is 1. The number of hydrogen-bond donors (Lipinski definition) is 3. The molecule has 17 heavy (non-hydrogen) atoms. The van der Waals surface area contributed by atoms with Gasteiger partial charge < -0.3 is 20.9 Å². The molecule has 0 heterocycles. The van der Waals surface area contributed by atoms with Gasteiger partial charge in [0.25, 0.3) is 0 Å². The quantitative estimate of drug-likeness (QED) is 0.612. The van der Waals surface area contributed by atoms with Crippen molar-refractivity contribution in [2.75, 3.05) is 7.11 Å². The van der Waals surface area contributed by atoms with Crippen molar-refractivity contribution in [3.8, 4) is 5.75 Å². The fourth-order valence-corrected chi connectivity index (χ4v) is 1.15. The molecule has 1 aromatic rings. The van der Waals surface area contributed by atoms with Crippen LogP contribution in [-0.4, -0.2) is 30.1 Å². The van der Waals surface area contributed by atoms with Crippen molar-refractivity contribution in [2.24, 2.45) is 5.73 Å². The first-order valence-electron chi connectivity index (χ1n) is 4.93. The van der Waals surface area contributed by atoms with E-state index in [2.05, 4.69) is 5.32 Å².